The maximum absolute atomic E-state index is 12.1. The third-order valence-corrected chi connectivity index (χ3v) is 4.03. The largest absolute Gasteiger partial charge is 0.373 e. The highest BCUT2D eigenvalue weighted by atomic mass is 16.5. The lowest BCUT2D eigenvalue weighted by atomic mass is 10.1. The van der Waals surface area contributed by atoms with Gasteiger partial charge in [0.05, 0.1) is 5.69 Å². The summed E-state index contributed by atoms with van der Waals surface area (Å²) < 4.78 is 5.50. The summed E-state index contributed by atoms with van der Waals surface area (Å²) in [4.78, 5) is 19.8. The zero-order valence-corrected chi connectivity index (χ0v) is 10.9. The van der Waals surface area contributed by atoms with E-state index in [9.17, 15) is 4.79 Å². The summed E-state index contributed by atoms with van der Waals surface area (Å²) in [5.41, 5.74) is 1.97. The first-order valence-corrected chi connectivity index (χ1v) is 6.94. The van der Waals surface area contributed by atoms with Crippen LogP contribution in [0.5, 0.6) is 0 Å². The minimum atomic E-state index is -0.0220. The van der Waals surface area contributed by atoms with Crippen LogP contribution >= 0.6 is 0 Å². The maximum Gasteiger partial charge on any atom is 0.254 e. The number of rotatable bonds is 3. The number of fused-ring (bicyclic) bond motifs is 1. The summed E-state index contributed by atoms with van der Waals surface area (Å²) in [5, 5.41) is 0. The Labute approximate surface area is 107 Å². The second-order valence-corrected chi connectivity index (χ2v) is 5.43. The minimum absolute atomic E-state index is 0.0220. The van der Waals surface area contributed by atoms with Crippen molar-refractivity contribution in [1.29, 1.82) is 0 Å². The fourth-order valence-corrected chi connectivity index (χ4v) is 2.86. The number of nitrogens with zero attached hydrogens (tertiary/aromatic N) is 1. The number of ether oxygens (including phenoxy) is 1. The van der Waals surface area contributed by atoms with E-state index in [0.29, 0.717) is 5.92 Å². The van der Waals surface area contributed by atoms with Gasteiger partial charge >= 0.3 is 0 Å². The molecule has 1 heterocycles. The van der Waals surface area contributed by atoms with Gasteiger partial charge in [0, 0.05) is 12.7 Å². The minimum Gasteiger partial charge on any atom is -0.373 e. The Morgan fingerprint density at radius 3 is 2.78 bits per heavy atom. The molecule has 0 spiro atoms. The van der Waals surface area contributed by atoms with Crippen LogP contribution in [0.15, 0.2) is 4.79 Å². The molecule has 1 fully saturated rings. The molecule has 0 aliphatic heterocycles. The van der Waals surface area contributed by atoms with Crippen molar-refractivity contribution in [2.24, 2.45) is 5.92 Å². The highest BCUT2D eigenvalue weighted by Gasteiger charge is 2.34. The SMILES string of the molecule is COC(c1nc2c(c(=O)[nH]1)CCCCC2)C1CC1. The molecule has 2 aliphatic rings. The van der Waals surface area contributed by atoms with Gasteiger partial charge in [-0.25, -0.2) is 4.98 Å². The molecule has 1 saturated carbocycles. The standard InChI is InChI=1S/C14H20N2O2/c1-18-12(9-7-8-9)13-15-11-6-4-2-3-5-10(11)14(17)16-13/h9,12H,2-8H2,1H3,(H,15,16,17). The average Bonchev–Trinajstić information content (AvgIpc) is 3.16. The molecule has 1 aromatic rings. The van der Waals surface area contributed by atoms with Gasteiger partial charge in [0.25, 0.3) is 5.56 Å². The number of aromatic nitrogens is 2. The number of methoxy groups -OCH3 is 1. The van der Waals surface area contributed by atoms with Gasteiger partial charge in [-0.3, -0.25) is 4.79 Å². The van der Waals surface area contributed by atoms with E-state index in [1.165, 1.54) is 19.3 Å². The topological polar surface area (TPSA) is 55.0 Å². The van der Waals surface area contributed by atoms with Crippen molar-refractivity contribution in [2.45, 2.75) is 51.0 Å². The molecule has 4 nitrogen and oxygen atoms in total. The molecule has 1 unspecified atom stereocenters. The van der Waals surface area contributed by atoms with E-state index in [-0.39, 0.29) is 11.7 Å². The normalized spacial score (nSPS) is 21.2. The molecule has 1 aromatic heterocycles. The van der Waals surface area contributed by atoms with Crippen molar-refractivity contribution in [2.75, 3.05) is 7.11 Å². The Morgan fingerprint density at radius 1 is 1.28 bits per heavy atom. The van der Waals surface area contributed by atoms with Gasteiger partial charge in [-0.2, -0.15) is 0 Å². The monoisotopic (exact) mass is 248 g/mol. The first-order valence-electron chi connectivity index (χ1n) is 6.94. The fraction of sp³-hybridized carbons (Fsp3) is 0.714. The molecule has 1 atom stereocenters. The Balaban J connectivity index is 1.99. The lowest BCUT2D eigenvalue weighted by molar-refractivity contribution is 0.0767. The van der Waals surface area contributed by atoms with Crippen LogP contribution in [0.2, 0.25) is 0 Å². The molecule has 2 aliphatic carbocycles. The number of nitrogens with one attached hydrogen (secondary N) is 1. The summed E-state index contributed by atoms with van der Waals surface area (Å²) >= 11 is 0. The van der Waals surface area contributed by atoms with E-state index in [0.717, 1.165) is 42.8 Å². The van der Waals surface area contributed by atoms with E-state index in [1.807, 2.05) is 0 Å². The Hall–Kier alpha value is -1.16. The first kappa shape index (κ1) is 11.9. The third-order valence-electron chi connectivity index (χ3n) is 4.03. The van der Waals surface area contributed by atoms with Gasteiger partial charge in [-0.15, -0.1) is 0 Å². The maximum atomic E-state index is 12.1. The first-order chi connectivity index (χ1) is 8.79. The Morgan fingerprint density at radius 2 is 2.06 bits per heavy atom. The Bertz CT molecular complexity index is 491. The molecule has 98 valence electrons. The van der Waals surface area contributed by atoms with Crippen LogP contribution < -0.4 is 5.56 Å². The number of hydrogen-bond acceptors (Lipinski definition) is 3. The molecule has 0 saturated heterocycles. The van der Waals surface area contributed by atoms with E-state index >= 15 is 0 Å². The van der Waals surface area contributed by atoms with Crippen molar-refractivity contribution >= 4 is 0 Å². The number of H-pyrrole nitrogens is 1. The molecule has 1 N–H and O–H groups in total. The molecule has 4 heteroatoms. The fourth-order valence-electron chi connectivity index (χ4n) is 2.86. The summed E-state index contributed by atoms with van der Waals surface area (Å²) in [6, 6.07) is 0. The molecule has 0 aromatic carbocycles. The van der Waals surface area contributed by atoms with Gasteiger partial charge in [-0.05, 0) is 44.4 Å². The zero-order chi connectivity index (χ0) is 12.5. The second kappa shape index (κ2) is 4.84. The van der Waals surface area contributed by atoms with Crippen LogP contribution in [-0.4, -0.2) is 17.1 Å². The van der Waals surface area contributed by atoms with E-state index < -0.39 is 0 Å². The van der Waals surface area contributed by atoms with E-state index in [1.54, 1.807) is 7.11 Å². The average molecular weight is 248 g/mol. The van der Waals surface area contributed by atoms with Crippen LogP contribution in [0.3, 0.4) is 0 Å². The number of aryl methyl sites for hydroxylation is 1. The third kappa shape index (κ3) is 2.21. The lowest BCUT2D eigenvalue weighted by Gasteiger charge is -2.15. The van der Waals surface area contributed by atoms with Gasteiger partial charge in [-0.1, -0.05) is 6.42 Å². The molecule has 0 amide bonds. The zero-order valence-electron chi connectivity index (χ0n) is 10.9. The summed E-state index contributed by atoms with van der Waals surface area (Å²) in [5.74, 6) is 1.28. The van der Waals surface area contributed by atoms with Crippen molar-refractivity contribution in [3.63, 3.8) is 0 Å². The molecule has 0 radical (unpaired) electrons. The quantitative estimate of drug-likeness (QED) is 0.834. The van der Waals surface area contributed by atoms with Gasteiger partial charge in [0.2, 0.25) is 0 Å². The van der Waals surface area contributed by atoms with Crippen molar-refractivity contribution < 1.29 is 4.74 Å². The second-order valence-electron chi connectivity index (χ2n) is 5.43. The molecule has 18 heavy (non-hydrogen) atoms. The lowest BCUT2D eigenvalue weighted by Crippen LogP contribution is -2.22. The summed E-state index contributed by atoms with van der Waals surface area (Å²) in [6.45, 7) is 0. The highest BCUT2D eigenvalue weighted by Crippen LogP contribution is 2.41. The van der Waals surface area contributed by atoms with Crippen LogP contribution in [0.4, 0.5) is 0 Å². The molecule has 3 rings (SSSR count). The van der Waals surface area contributed by atoms with Crippen molar-refractivity contribution in [3.8, 4) is 0 Å². The van der Waals surface area contributed by atoms with Gasteiger partial charge < -0.3 is 9.72 Å². The summed E-state index contributed by atoms with van der Waals surface area (Å²) in [6.07, 6.45) is 7.59. The van der Waals surface area contributed by atoms with Crippen molar-refractivity contribution in [3.05, 3.63) is 27.4 Å². The predicted octanol–water partition coefficient (Wildman–Crippen LogP) is 2.14. The van der Waals surface area contributed by atoms with E-state index in [2.05, 4.69) is 9.97 Å². The molecular formula is C14H20N2O2. The van der Waals surface area contributed by atoms with Crippen molar-refractivity contribution in [1.82, 2.24) is 9.97 Å². The van der Waals surface area contributed by atoms with Gasteiger partial charge in [0.1, 0.15) is 11.9 Å². The number of hydrogen-bond donors (Lipinski definition) is 1. The van der Waals surface area contributed by atoms with Crippen LogP contribution in [0.1, 0.15) is 55.3 Å². The number of aromatic amines is 1. The molecular weight excluding hydrogens is 228 g/mol. The smallest absolute Gasteiger partial charge is 0.254 e. The van der Waals surface area contributed by atoms with E-state index in [4.69, 9.17) is 4.74 Å². The predicted molar refractivity (Wildman–Crippen MR) is 68.6 cm³/mol. The highest BCUT2D eigenvalue weighted by molar-refractivity contribution is 5.20. The van der Waals surface area contributed by atoms with Crippen LogP contribution in [0.25, 0.3) is 0 Å². The Kier molecular flexibility index (Phi) is 3.20. The molecule has 0 bridgehead atoms. The summed E-state index contributed by atoms with van der Waals surface area (Å²) in [7, 11) is 1.70. The van der Waals surface area contributed by atoms with Crippen LogP contribution in [0, 0.1) is 5.92 Å². The van der Waals surface area contributed by atoms with Crippen LogP contribution in [-0.2, 0) is 17.6 Å². The van der Waals surface area contributed by atoms with Gasteiger partial charge in [0.15, 0.2) is 0 Å².